The lowest BCUT2D eigenvalue weighted by Gasteiger charge is -2.16. The Morgan fingerprint density at radius 2 is 1.44 bits per heavy atom. The van der Waals surface area contributed by atoms with Gasteiger partial charge >= 0.3 is 0 Å². The first kappa shape index (κ1) is 10.8. The quantitative estimate of drug-likeness (QED) is 0.829. The van der Waals surface area contributed by atoms with E-state index in [1.165, 1.54) is 17.7 Å². The molecule has 0 aliphatic heterocycles. The van der Waals surface area contributed by atoms with Crippen LogP contribution in [-0.4, -0.2) is 7.05 Å². The molecule has 1 unspecified atom stereocenters. The van der Waals surface area contributed by atoms with E-state index in [0.29, 0.717) is 0 Å². The summed E-state index contributed by atoms with van der Waals surface area (Å²) in [6, 6.07) is 16.8. The molecule has 0 aliphatic carbocycles. The van der Waals surface area contributed by atoms with E-state index in [9.17, 15) is 4.39 Å². The second-order valence-corrected chi connectivity index (χ2v) is 3.68. The van der Waals surface area contributed by atoms with E-state index in [4.69, 9.17) is 0 Å². The minimum Gasteiger partial charge on any atom is -0.309 e. The summed E-state index contributed by atoms with van der Waals surface area (Å²) in [5, 5.41) is 3.23. The molecule has 0 bridgehead atoms. The molecule has 1 atom stereocenters. The zero-order valence-electron chi connectivity index (χ0n) is 9.15. The van der Waals surface area contributed by atoms with E-state index in [2.05, 4.69) is 17.4 Å². The molecule has 2 rings (SSSR count). The van der Waals surface area contributed by atoms with Gasteiger partial charge in [-0.05, 0) is 30.3 Å². The summed E-state index contributed by atoms with van der Waals surface area (Å²) in [7, 11) is 1.90. The highest BCUT2D eigenvalue weighted by molar-refractivity contribution is 5.31. The molecule has 1 nitrogen and oxygen atoms in total. The van der Waals surface area contributed by atoms with Crippen molar-refractivity contribution in [2.45, 2.75) is 6.04 Å². The Labute approximate surface area is 94.9 Å². The van der Waals surface area contributed by atoms with Crippen molar-refractivity contribution in [1.29, 1.82) is 0 Å². The number of hydrogen-bond donors (Lipinski definition) is 1. The van der Waals surface area contributed by atoms with Gasteiger partial charge in [-0.2, -0.15) is 0 Å². The third-order valence-corrected chi connectivity index (χ3v) is 2.62. The van der Waals surface area contributed by atoms with Gasteiger partial charge in [0.2, 0.25) is 0 Å². The summed E-state index contributed by atoms with van der Waals surface area (Å²) >= 11 is 0. The fourth-order valence-corrected chi connectivity index (χ4v) is 1.83. The number of rotatable bonds is 3. The van der Waals surface area contributed by atoms with Gasteiger partial charge in [-0.3, -0.25) is 0 Å². The van der Waals surface area contributed by atoms with Crippen LogP contribution >= 0.6 is 0 Å². The molecule has 0 fully saturated rings. The summed E-state index contributed by atoms with van der Waals surface area (Å²) in [6.07, 6.45) is 0. The van der Waals surface area contributed by atoms with Crippen LogP contribution in [0.15, 0.2) is 54.6 Å². The van der Waals surface area contributed by atoms with Gasteiger partial charge in [0.1, 0.15) is 5.82 Å². The fraction of sp³-hybridized carbons (Fsp3) is 0.143. The molecule has 0 aliphatic rings. The third-order valence-electron chi connectivity index (χ3n) is 2.62. The van der Waals surface area contributed by atoms with Crippen LogP contribution in [0.4, 0.5) is 4.39 Å². The van der Waals surface area contributed by atoms with E-state index in [1.54, 1.807) is 0 Å². The van der Waals surface area contributed by atoms with E-state index < -0.39 is 0 Å². The van der Waals surface area contributed by atoms with Gasteiger partial charge in [0.15, 0.2) is 0 Å². The number of hydrogen-bond acceptors (Lipinski definition) is 1. The van der Waals surface area contributed by atoms with Gasteiger partial charge in [0.05, 0.1) is 6.04 Å². The van der Waals surface area contributed by atoms with Crippen LogP contribution in [0.25, 0.3) is 0 Å². The molecule has 0 spiro atoms. The molecule has 0 amide bonds. The Morgan fingerprint density at radius 3 is 2.00 bits per heavy atom. The van der Waals surface area contributed by atoms with Crippen molar-refractivity contribution < 1.29 is 4.39 Å². The third kappa shape index (κ3) is 2.28. The van der Waals surface area contributed by atoms with E-state index >= 15 is 0 Å². The molecule has 0 saturated carbocycles. The average molecular weight is 215 g/mol. The Balaban J connectivity index is 2.33. The summed E-state index contributed by atoms with van der Waals surface area (Å²) in [5.74, 6) is -0.202. The SMILES string of the molecule is CNC(c1ccccc1)c1ccc(F)cc1. The summed E-state index contributed by atoms with van der Waals surface area (Å²) in [4.78, 5) is 0. The monoisotopic (exact) mass is 215 g/mol. The molecule has 0 heterocycles. The molecule has 0 radical (unpaired) electrons. The lowest BCUT2D eigenvalue weighted by molar-refractivity contribution is 0.623. The number of halogens is 1. The highest BCUT2D eigenvalue weighted by Crippen LogP contribution is 2.21. The van der Waals surface area contributed by atoms with Gasteiger partial charge < -0.3 is 5.32 Å². The van der Waals surface area contributed by atoms with Gasteiger partial charge in [-0.15, -0.1) is 0 Å². The van der Waals surface area contributed by atoms with Crippen LogP contribution in [-0.2, 0) is 0 Å². The number of nitrogens with one attached hydrogen (secondary N) is 1. The van der Waals surface area contributed by atoms with Crippen LogP contribution in [0.3, 0.4) is 0 Å². The van der Waals surface area contributed by atoms with Gasteiger partial charge in [-0.1, -0.05) is 42.5 Å². The van der Waals surface area contributed by atoms with Gasteiger partial charge in [0, 0.05) is 0 Å². The van der Waals surface area contributed by atoms with Crippen molar-refractivity contribution >= 4 is 0 Å². The maximum absolute atomic E-state index is 12.8. The second kappa shape index (κ2) is 4.90. The molecular formula is C14H14FN. The normalized spacial score (nSPS) is 12.4. The Kier molecular flexibility index (Phi) is 3.32. The lowest BCUT2D eigenvalue weighted by Crippen LogP contribution is -2.17. The van der Waals surface area contributed by atoms with Crippen molar-refractivity contribution in [1.82, 2.24) is 5.32 Å². The van der Waals surface area contributed by atoms with Crippen molar-refractivity contribution in [3.05, 3.63) is 71.5 Å². The van der Waals surface area contributed by atoms with Gasteiger partial charge in [-0.25, -0.2) is 4.39 Å². The van der Waals surface area contributed by atoms with Crippen molar-refractivity contribution in [2.24, 2.45) is 0 Å². The standard InChI is InChI=1S/C14H14FN/c1-16-14(11-5-3-2-4-6-11)12-7-9-13(15)10-8-12/h2-10,14,16H,1H3. The fourth-order valence-electron chi connectivity index (χ4n) is 1.83. The van der Waals surface area contributed by atoms with Crippen LogP contribution in [0.5, 0.6) is 0 Å². The molecule has 82 valence electrons. The van der Waals surface area contributed by atoms with Gasteiger partial charge in [0.25, 0.3) is 0 Å². The molecule has 0 saturated heterocycles. The summed E-state index contributed by atoms with van der Waals surface area (Å²) in [6.45, 7) is 0. The minimum atomic E-state index is -0.202. The summed E-state index contributed by atoms with van der Waals surface area (Å²) < 4.78 is 12.8. The highest BCUT2D eigenvalue weighted by Gasteiger charge is 2.10. The highest BCUT2D eigenvalue weighted by atomic mass is 19.1. The predicted molar refractivity (Wildman–Crippen MR) is 63.7 cm³/mol. The average Bonchev–Trinajstić information content (AvgIpc) is 2.34. The second-order valence-electron chi connectivity index (χ2n) is 3.68. The van der Waals surface area contributed by atoms with E-state index in [0.717, 1.165) is 5.56 Å². The van der Waals surface area contributed by atoms with Crippen molar-refractivity contribution in [2.75, 3.05) is 7.05 Å². The topological polar surface area (TPSA) is 12.0 Å². The zero-order valence-corrected chi connectivity index (χ0v) is 9.15. The number of benzene rings is 2. The molecular weight excluding hydrogens is 201 g/mol. The molecule has 2 aromatic carbocycles. The van der Waals surface area contributed by atoms with Crippen LogP contribution in [0, 0.1) is 5.82 Å². The van der Waals surface area contributed by atoms with Crippen LogP contribution in [0.1, 0.15) is 17.2 Å². The van der Waals surface area contributed by atoms with Crippen molar-refractivity contribution in [3.63, 3.8) is 0 Å². The van der Waals surface area contributed by atoms with E-state index in [-0.39, 0.29) is 11.9 Å². The minimum absolute atomic E-state index is 0.113. The molecule has 2 heteroatoms. The Bertz CT molecular complexity index is 436. The molecule has 1 N–H and O–H groups in total. The Hall–Kier alpha value is -1.67. The van der Waals surface area contributed by atoms with Crippen LogP contribution in [0.2, 0.25) is 0 Å². The molecule has 0 aromatic heterocycles. The maximum atomic E-state index is 12.8. The largest absolute Gasteiger partial charge is 0.309 e. The first-order chi connectivity index (χ1) is 7.81. The van der Waals surface area contributed by atoms with Crippen LogP contribution < -0.4 is 5.32 Å². The zero-order chi connectivity index (χ0) is 11.4. The maximum Gasteiger partial charge on any atom is 0.123 e. The first-order valence-electron chi connectivity index (χ1n) is 5.29. The van der Waals surface area contributed by atoms with Crippen molar-refractivity contribution in [3.8, 4) is 0 Å². The van der Waals surface area contributed by atoms with E-state index in [1.807, 2.05) is 37.4 Å². The summed E-state index contributed by atoms with van der Waals surface area (Å²) in [5.41, 5.74) is 2.24. The Morgan fingerprint density at radius 1 is 0.875 bits per heavy atom. The molecule has 2 aromatic rings. The smallest absolute Gasteiger partial charge is 0.123 e. The predicted octanol–water partition coefficient (Wildman–Crippen LogP) is 3.13. The molecule has 16 heavy (non-hydrogen) atoms. The first-order valence-corrected chi connectivity index (χ1v) is 5.29. The lowest BCUT2D eigenvalue weighted by atomic mass is 9.99.